The maximum atomic E-state index is 10.8. The fourth-order valence-corrected chi connectivity index (χ4v) is 1.86. The first-order valence-corrected chi connectivity index (χ1v) is 5.54. The lowest BCUT2D eigenvalue weighted by molar-refractivity contribution is -0.105. The van der Waals surface area contributed by atoms with E-state index in [1.165, 1.54) is 0 Å². The van der Waals surface area contributed by atoms with Crippen LogP contribution < -0.4 is 5.32 Å². The van der Waals surface area contributed by atoms with Gasteiger partial charge in [-0.05, 0) is 30.2 Å². The van der Waals surface area contributed by atoms with Crippen molar-refractivity contribution in [3.8, 4) is 11.1 Å². The molecule has 2 aromatic carbocycles. The fourth-order valence-electron chi connectivity index (χ4n) is 1.86. The van der Waals surface area contributed by atoms with Crippen molar-refractivity contribution in [2.45, 2.75) is 6.92 Å². The Morgan fingerprint density at radius 2 is 1.89 bits per heavy atom. The van der Waals surface area contributed by atoms with Crippen LogP contribution in [0.2, 0.25) is 0 Å². The smallest absolute Gasteiger partial charge is 0.233 e. The molecule has 0 aromatic heterocycles. The number of carbonyl (C=O) groups excluding carboxylic acids is 2. The minimum Gasteiger partial charge on any atom is -0.328 e. The zero-order valence-electron chi connectivity index (χ0n) is 9.94. The van der Waals surface area contributed by atoms with Gasteiger partial charge in [0.2, 0.25) is 12.7 Å². The van der Waals surface area contributed by atoms with Gasteiger partial charge in [-0.15, -0.1) is 0 Å². The summed E-state index contributed by atoms with van der Waals surface area (Å²) in [5.41, 5.74) is 3.78. The third-order valence-corrected chi connectivity index (χ3v) is 2.77. The SMILES string of the molecule is Cc1cc(-c2ccccc2)c(NC=O)cc1[C]=O. The third-order valence-electron chi connectivity index (χ3n) is 2.77. The Bertz CT molecular complexity index is 577. The number of nitrogens with one attached hydrogen (secondary N) is 1. The zero-order valence-corrected chi connectivity index (χ0v) is 9.94. The van der Waals surface area contributed by atoms with Crippen molar-refractivity contribution < 1.29 is 9.59 Å². The van der Waals surface area contributed by atoms with Crippen LogP contribution in [0.15, 0.2) is 42.5 Å². The van der Waals surface area contributed by atoms with E-state index in [0.717, 1.165) is 16.7 Å². The highest BCUT2D eigenvalue weighted by Crippen LogP contribution is 2.30. The van der Waals surface area contributed by atoms with Crippen LogP contribution in [0.25, 0.3) is 11.1 Å². The van der Waals surface area contributed by atoms with E-state index in [4.69, 9.17) is 0 Å². The Kier molecular flexibility index (Phi) is 3.53. The maximum absolute atomic E-state index is 10.8. The molecule has 1 amide bonds. The highest BCUT2D eigenvalue weighted by atomic mass is 16.1. The molecular weight excluding hydrogens is 226 g/mol. The van der Waals surface area contributed by atoms with Gasteiger partial charge in [0.25, 0.3) is 0 Å². The van der Waals surface area contributed by atoms with Gasteiger partial charge in [0.1, 0.15) is 0 Å². The molecule has 3 heteroatoms. The number of aryl methyl sites for hydroxylation is 1. The summed E-state index contributed by atoms with van der Waals surface area (Å²) in [5.74, 6) is 0. The first-order chi connectivity index (χ1) is 8.76. The Labute approximate surface area is 105 Å². The van der Waals surface area contributed by atoms with Crippen LogP contribution in [0, 0.1) is 6.92 Å². The van der Waals surface area contributed by atoms with E-state index < -0.39 is 0 Å². The summed E-state index contributed by atoms with van der Waals surface area (Å²) in [6.07, 6.45) is 2.47. The van der Waals surface area contributed by atoms with Gasteiger partial charge >= 0.3 is 0 Å². The molecule has 0 aliphatic heterocycles. The van der Waals surface area contributed by atoms with E-state index >= 15 is 0 Å². The number of anilines is 1. The highest BCUT2D eigenvalue weighted by Gasteiger charge is 2.09. The number of amides is 1. The van der Waals surface area contributed by atoms with Gasteiger partial charge in [-0.1, -0.05) is 30.3 Å². The molecule has 0 bridgehead atoms. The Balaban J connectivity index is 2.61. The van der Waals surface area contributed by atoms with E-state index in [9.17, 15) is 9.59 Å². The van der Waals surface area contributed by atoms with Gasteiger partial charge in [0.05, 0.1) is 0 Å². The van der Waals surface area contributed by atoms with Crippen LogP contribution in [0.1, 0.15) is 11.1 Å². The molecule has 2 aromatic rings. The summed E-state index contributed by atoms with van der Waals surface area (Å²) in [7, 11) is 0. The molecule has 0 atom stereocenters. The van der Waals surface area contributed by atoms with Crippen LogP contribution in [-0.4, -0.2) is 12.7 Å². The molecule has 3 nitrogen and oxygen atoms in total. The molecule has 2 rings (SSSR count). The molecule has 89 valence electrons. The molecule has 1 N–H and O–H groups in total. The average molecular weight is 238 g/mol. The summed E-state index contributed by atoms with van der Waals surface area (Å²) in [5, 5.41) is 2.62. The van der Waals surface area contributed by atoms with E-state index in [2.05, 4.69) is 5.32 Å². The minimum atomic E-state index is 0.457. The van der Waals surface area contributed by atoms with Crippen molar-refractivity contribution in [1.29, 1.82) is 0 Å². The van der Waals surface area contributed by atoms with E-state index in [1.54, 1.807) is 6.07 Å². The second-order valence-electron chi connectivity index (χ2n) is 3.94. The summed E-state index contributed by atoms with van der Waals surface area (Å²) in [6.45, 7) is 1.84. The van der Waals surface area contributed by atoms with E-state index in [0.29, 0.717) is 17.7 Å². The number of hydrogen-bond donors (Lipinski definition) is 1. The molecule has 18 heavy (non-hydrogen) atoms. The van der Waals surface area contributed by atoms with E-state index in [-0.39, 0.29) is 0 Å². The topological polar surface area (TPSA) is 46.2 Å². The number of benzene rings is 2. The molecule has 0 aliphatic rings. The largest absolute Gasteiger partial charge is 0.328 e. The molecule has 0 spiro atoms. The first kappa shape index (κ1) is 12.0. The van der Waals surface area contributed by atoms with Crippen LogP contribution in [0.3, 0.4) is 0 Å². The molecule has 0 saturated carbocycles. The van der Waals surface area contributed by atoms with Crippen LogP contribution in [-0.2, 0) is 9.59 Å². The molecule has 0 unspecified atom stereocenters. The standard InChI is InChI=1S/C15H12NO2/c1-11-7-14(12-5-3-2-4-6-12)15(16-10-18)8-13(11)9-17/h2-8,10H,1H3,(H,16,18). The second-order valence-corrected chi connectivity index (χ2v) is 3.94. The summed E-state index contributed by atoms with van der Waals surface area (Å²) < 4.78 is 0. The van der Waals surface area contributed by atoms with Crippen molar-refractivity contribution in [3.05, 3.63) is 53.6 Å². The maximum Gasteiger partial charge on any atom is 0.233 e. The van der Waals surface area contributed by atoms with Crippen molar-refractivity contribution in [3.63, 3.8) is 0 Å². The normalized spacial score (nSPS) is 9.83. The van der Waals surface area contributed by atoms with Crippen molar-refractivity contribution >= 4 is 18.4 Å². The highest BCUT2D eigenvalue weighted by molar-refractivity contribution is 5.90. The van der Waals surface area contributed by atoms with Gasteiger partial charge in [-0.3, -0.25) is 9.59 Å². The predicted octanol–water partition coefficient (Wildman–Crippen LogP) is 2.69. The Hall–Kier alpha value is -2.42. The fraction of sp³-hybridized carbons (Fsp3) is 0.0667. The van der Waals surface area contributed by atoms with Gasteiger partial charge in [0, 0.05) is 16.8 Å². The third kappa shape index (κ3) is 2.30. The number of carbonyl (C=O) groups is 1. The lowest BCUT2D eigenvalue weighted by atomic mass is 9.98. The van der Waals surface area contributed by atoms with Crippen LogP contribution in [0.4, 0.5) is 5.69 Å². The van der Waals surface area contributed by atoms with Gasteiger partial charge in [-0.2, -0.15) is 0 Å². The van der Waals surface area contributed by atoms with Crippen molar-refractivity contribution in [2.24, 2.45) is 0 Å². The lowest BCUT2D eigenvalue weighted by Crippen LogP contribution is -1.99. The lowest BCUT2D eigenvalue weighted by Gasteiger charge is -2.11. The molecular formula is C15H12NO2. The predicted molar refractivity (Wildman–Crippen MR) is 71.1 cm³/mol. The van der Waals surface area contributed by atoms with Gasteiger partial charge < -0.3 is 5.32 Å². The Morgan fingerprint density at radius 3 is 2.50 bits per heavy atom. The summed E-state index contributed by atoms with van der Waals surface area (Å²) in [6, 6.07) is 13.2. The molecule has 0 saturated heterocycles. The van der Waals surface area contributed by atoms with Crippen molar-refractivity contribution in [1.82, 2.24) is 0 Å². The molecule has 0 fully saturated rings. The van der Waals surface area contributed by atoms with Crippen LogP contribution in [0.5, 0.6) is 0 Å². The van der Waals surface area contributed by atoms with E-state index in [1.807, 2.05) is 49.6 Å². The first-order valence-electron chi connectivity index (χ1n) is 5.54. The Morgan fingerprint density at radius 1 is 1.17 bits per heavy atom. The van der Waals surface area contributed by atoms with Gasteiger partial charge in [-0.25, -0.2) is 0 Å². The minimum absolute atomic E-state index is 0.457. The quantitative estimate of drug-likeness (QED) is 0.832. The summed E-state index contributed by atoms with van der Waals surface area (Å²) >= 11 is 0. The van der Waals surface area contributed by atoms with Crippen LogP contribution >= 0.6 is 0 Å². The molecule has 0 heterocycles. The zero-order chi connectivity index (χ0) is 13.0. The number of hydrogen-bond acceptors (Lipinski definition) is 2. The number of rotatable bonds is 4. The monoisotopic (exact) mass is 238 g/mol. The molecule has 0 aliphatic carbocycles. The van der Waals surface area contributed by atoms with Gasteiger partial charge in [0.15, 0.2) is 0 Å². The average Bonchev–Trinajstić information content (AvgIpc) is 2.41. The molecule has 1 radical (unpaired) electrons. The second kappa shape index (κ2) is 5.27. The van der Waals surface area contributed by atoms with Crippen molar-refractivity contribution in [2.75, 3.05) is 5.32 Å². The summed E-state index contributed by atoms with van der Waals surface area (Å²) in [4.78, 5) is 21.4.